The standard InChI is InChI=1S/C25H16Br2N2O4/c26-16-9-11(22(30)21(27)23(16)31)10-28-29-24(32)19-17-12-5-1-2-6-13(12)18(20(19)25(29)33)15-8-4-3-7-14(15)17/h1-10,17-20,30-31H/b28-10-/t17?,18?,19-,20-/m0/s1. The Morgan fingerprint density at radius 2 is 1.24 bits per heavy atom. The predicted molar refractivity (Wildman–Crippen MR) is 128 cm³/mol. The zero-order valence-corrected chi connectivity index (χ0v) is 20.1. The van der Waals surface area contributed by atoms with Crippen LogP contribution in [0.1, 0.15) is 39.7 Å². The Labute approximate surface area is 205 Å². The molecule has 7 rings (SSSR count). The SMILES string of the molecule is O=C1[C@H]2C3c4ccccc4C(c4ccccc43)[C@@H]2C(=O)N1/N=C\c1cc(Br)c(O)c(Br)c1O. The zero-order chi connectivity index (χ0) is 23.0. The summed E-state index contributed by atoms with van der Waals surface area (Å²) in [5.41, 5.74) is 4.63. The van der Waals surface area contributed by atoms with Gasteiger partial charge in [0.05, 0.1) is 22.5 Å². The average molecular weight is 568 g/mol. The number of carbonyl (C=O) groups excluding carboxylic acids is 2. The number of phenolic OH excluding ortho intramolecular Hbond substituents is 2. The number of imide groups is 1. The van der Waals surface area contributed by atoms with E-state index in [9.17, 15) is 19.8 Å². The van der Waals surface area contributed by atoms with E-state index in [0.717, 1.165) is 27.3 Å². The van der Waals surface area contributed by atoms with Crippen molar-refractivity contribution in [3.05, 3.63) is 91.4 Å². The Kier molecular flexibility index (Phi) is 4.54. The van der Waals surface area contributed by atoms with Gasteiger partial charge < -0.3 is 10.2 Å². The van der Waals surface area contributed by atoms with E-state index in [4.69, 9.17) is 0 Å². The quantitative estimate of drug-likeness (QED) is 0.342. The molecule has 2 bridgehead atoms. The van der Waals surface area contributed by atoms with Gasteiger partial charge in [-0.15, -0.1) is 0 Å². The van der Waals surface area contributed by atoms with Crippen LogP contribution in [0.2, 0.25) is 0 Å². The predicted octanol–water partition coefficient (Wildman–Crippen LogP) is 4.85. The van der Waals surface area contributed by atoms with Gasteiger partial charge in [-0.1, -0.05) is 48.5 Å². The molecule has 3 aromatic carbocycles. The summed E-state index contributed by atoms with van der Waals surface area (Å²) in [6.07, 6.45) is 1.26. The summed E-state index contributed by atoms with van der Waals surface area (Å²) in [5, 5.41) is 25.4. The van der Waals surface area contributed by atoms with Gasteiger partial charge in [-0.05, 0) is 60.2 Å². The number of benzene rings is 3. The number of aromatic hydroxyl groups is 2. The minimum atomic E-state index is -0.517. The van der Waals surface area contributed by atoms with Crippen LogP contribution in [-0.4, -0.2) is 33.3 Å². The Morgan fingerprint density at radius 3 is 1.70 bits per heavy atom. The fourth-order valence-electron chi connectivity index (χ4n) is 5.61. The highest BCUT2D eigenvalue weighted by molar-refractivity contribution is 9.11. The second-order valence-electron chi connectivity index (χ2n) is 8.46. The largest absolute Gasteiger partial charge is 0.506 e. The maximum Gasteiger partial charge on any atom is 0.254 e. The third-order valence-corrected chi connectivity index (χ3v) is 8.29. The lowest BCUT2D eigenvalue weighted by Crippen LogP contribution is -2.41. The maximum absolute atomic E-state index is 13.5. The van der Waals surface area contributed by atoms with E-state index >= 15 is 0 Å². The smallest absolute Gasteiger partial charge is 0.254 e. The van der Waals surface area contributed by atoms with Crippen molar-refractivity contribution >= 4 is 49.9 Å². The highest BCUT2D eigenvalue weighted by atomic mass is 79.9. The third-order valence-electron chi connectivity index (χ3n) is 6.94. The van der Waals surface area contributed by atoms with Crippen molar-refractivity contribution in [1.29, 1.82) is 0 Å². The number of hydrazone groups is 1. The van der Waals surface area contributed by atoms with Gasteiger partial charge in [0.15, 0.2) is 0 Å². The first kappa shape index (κ1) is 20.6. The van der Waals surface area contributed by atoms with Gasteiger partial charge in [-0.2, -0.15) is 10.1 Å². The molecule has 0 aromatic heterocycles. The molecule has 3 aliphatic carbocycles. The first-order valence-electron chi connectivity index (χ1n) is 10.4. The highest BCUT2D eigenvalue weighted by Gasteiger charge is 2.61. The van der Waals surface area contributed by atoms with Gasteiger partial charge in [0, 0.05) is 17.4 Å². The second-order valence-corrected chi connectivity index (χ2v) is 10.1. The monoisotopic (exact) mass is 566 g/mol. The van der Waals surface area contributed by atoms with Gasteiger partial charge in [-0.3, -0.25) is 9.59 Å². The van der Waals surface area contributed by atoms with E-state index in [0.29, 0.717) is 4.47 Å². The molecule has 1 fully saturated rings. The number of carbonyl (C=O) groups is 2. The van der Waals surface area contributed by atoms with Gasteiger partial charge >= 0.3 is 0 Å². The molecule has 8 heteroatoms. The van der Waals surface area contributed by atoms with Crippen molar-refractivity contribution in [2.45, 2.75) is 11.8 Å². The number of nitrogens with zero attached hydrogens (tertiary/aromatic N) is 2. The molecule has 2 N–H and O–H groups in total. The molecule has 0 unspecified atom stereocenters. The van der Waals surface area contributed by atoms with Crippen LogP contribution in [0.5, 0.6) is 11.5 Å². The summed E-state index contributed by atoms with van der Waals surface area (Å²) in [5.74, 6) is -2.50. The third kappa shape index (κ3) is 2.74. The van der Waals surface area contributed by atoms with Crippen molar-refractivity contribution in [3.63, 3.8) is 0 Å². The van der Waals surface area contributed by atoms with Gasteiger partial charge in [0.1, 0.15) is 16.0 Å². The number of hydrogen-bond acceptors (Lipinski definition) is 5. The molecule has 2 atom stereocenters. The molecule has 3 aromatic rings. The lowest BCUT2D eigenvalue weighted by Gasteiger charge is -2.45. The Balaban J connectivity index is 1.44. The van der Waals surface area contributed by atoms with Crippen LogP contribution in [0.25, 0.3) is 0 Å². The topological polar surface area (TPSA) is 90.2 Å². The summed E-state index contributed by atoms with van der Waals surface area (Å²) in [7, 11) is 0. The highest BCUT2D eigenvalue weighted by Crippen LogP contribution is 2.61. The van der Waals surface area contributed by atoms with Gasteiger partial charge in [0.2, 0.25) is 0 Å². The second kappa shape index (κ2) is 7.27. The number of hydrogen-bond donors (Lipinski definition) is 2. The lowest BCUT2D eigenvalue weighted by molar-refractivity contribution is -0.139. The fourth-order valence-corrected chi connectivity index (χ4v) is 6.76. The minimum absolute atomic E-state index is 0.0926. The van der Waals surface area contributed by atoms with Crippen LogP contribution in [0.4, 0.5) is 0 Å². The molecule has 0 spiro atoms. The van der Waals surface area contributed by atoms with Crippen molar-refractivity contribution in [2.24, 2.45) is 16.9 Å². The fraction of sp³-hybridized carbons (Fsp3) is 0.160. The molecule has 2 amide bonds. The van der Waals surface area contributed by atoms with Crippen LogP contribution in [0.3, 0.4) is 0 Å². The van der Waals surface area contributed by atoms with E-state index < -0.39 is 11.8 Å². The summed E-state index contributed by atoms with van der Waals surface area (Å²) in [6.45, 7) is 0. The molecule has 164 valence electrons. The number of amides is 2. The molecule has 0 radical (unpaired) electrons. The van der Waals surface area contributed by atoms with Crippen molar-refractivity contribution in [1.82, 2.24) is 5.01 Å². The van der Waals surface area contributed by atoms with E-state index in [1.54, 1.807) is 0 Å². The maximum atomic E-state index is 13.5. The molecule has 1 aliphatic heterocycles. The molecule has 4 aliphatic rings. The van der Waals surface area contributed by atoms with E-state index in [2.05, 4.69) is 37.0 Å². The molecule has 33 heavy (non-hydrogen) atoms. The van der Waals surface area contributed by atoms with Crippen LogP contribution >= 0.6 is 31.9 Å². The lowest BCUT2D eigenvalue weighted by atomic mass is 9.55. The summed E-state index contributed by atoms with van der Waals surface area (Å²) in [6, 6.07) is 17.5. The van der Waals surface area contributed by atoms with Crippen molar-refractivity contribution < 1.29 is 19.8 Å². The molecule has 6 nitrogen and oxygen atoms in total. The molecule has 0 saturated carbocycles. The molecule has 1 saturated heterocycles. The Morgan fingerprint density at radius 1 is 0.788 bits per heavy atom. The summed E-state index contributed by atoms with van der Waals surface area (Å²) >= 11 is 6.34. The summed E-state index contributed by atoms with van der Waals surface area (Å²) in [4.78, 5) is 27.0. The Bertz CT molecular complexity index is 1290. The first-order valence-corrected chi connectivity index (χ1v) is 12.0. The van der Waals surface area contributed by atoms with Crippen LogP contribution in [0, 0.1) is 11.8 Å². The van der Waals surface area contributed by atoms with Crippen molar-refractivity contribution in [3.8, 4) is 11.5 Å². The van der Waals surface area contributed by atoms with Crippen LogP contribution in [0.15, 0.2) is 68.6 Å². The molecular formula is C25H16Br2N2O4. The van der Waals surface area contributed by atoms with Crippen LogP contribution < -0.4 is 0 Å². The number of halogens is 2. The summed E-state index contributed by atoms with van der Waals surface area (Å²) < 4.78 is 0.431. The minimum Gasteiger partial charge on any atom is -0.506 e. The normalized spacial score (nSPS) is 24.8. The van der Waals surface area contributed by atoms with Crippen molar-refractivity contribution in [2.75, 3.05) is 0 Å². The average Bonchev–Trinajstić information content (AvgIpc) is 3.09. The molecule has 1 heterocycles. The Hall–Kier alpha value is -2.97. The molecular weight excluding hydrogens is 552 g/mol. The zero-order valence-electron chi connectivity index (χ0n) is 16.9. The first-order chi connectivity index (χ1) is 15.9. The van der Waals surface area contributed by atoms with E-state index in [1.165, 1.54) is 12.3 Å². The van der Waals surface area contributed by atoms with Gasteiger partial charge in [-0.25, -0.2) is 0 Å². The van der Waals surface area contributed by atoms with E-state index in [-0.39, 0.29) is 45.2 Å². The van der Waals surface area contributed by atoms with Gasteiger partial charge in [0.25, 0.3) is 11.8 Å². The number of rotatable bonds is 2. The number of phenols is 2. The van der Waals surface area contributed by atoms with Crippen LogP contribution in [-0.2, 0) is 9.59 Å². The van der Waals surface area contributed by atoms with E-state index in [1.807, 2.05) is 48.5 Å².